The molecule has 0 fully saturated rings. The van der Waals surface area contributed by atoms with Crippen molar-refractivity contribution in [2.75, 3.05) is 0 Å². The van der Waals surface area contributed by atoms with Gasteiger partial charge in [0.15, 0.2) is 6.10 Å². The third kappa shape index (κ3) is 5.04. The van der Waals surface area contributed by atoms with Gasteiger partial charge in [-0.25, -0.2) is 4.79 Å². The smallest absolute Gasteiger partial charge is 0.323 e. The van der Waals surface area contributed by atoms with Gasteiger partial charge in [0.2, 0.25) is 0 Å². The Balaban J connectivity index is 1.41. The minimum absolute atomic E-state index is 0.0138. The maximum Gasteiger partial charge on any atom is 0.323 e. The lowest BCUT2D eigenvalue weighted by atomic mass is 9.91. The van der Waals surface area contributed by atoms with Crippen LogP contribution in [-0.4, -0.2) is 44.4 Å². The van der Waals surface area contributed by atoms with E-state index in [0.717, 1.165) is 39.9 Å². The number of amides is 3. The number of nitrogens with two attached hydrogens (primary N) is 1. The first-order chi connectivity index (χ1) is 21.0. The molecular formula is C36H38N4O4. The fourth-order valence-corrected chi connectivity index (χ4v) is 6.65. The van der Waals surface area contributed by atoms with Crippen LogP contribution in [0, 0.1) is 20.8 Å². The Hall–Kier alpha value is -4.85. The highest BCUT2D eigenvalue weighted by atomic mass is 16.5. The van der Waals surface area contributed by atoms with E-state index < -0.39 is 12.1 Å². The molecule has 226 valence electrons. The summed E-state index contributed by atoms with van der Waals surface area (Å²) < 4.78 is 7.43. The van der Waals surface area contributed by atoms with E-state index in [1.807, 2.05) is 80.3 Å². The minimum atomic E-state index is -0.679. The Morgan fingerprint density at radius 1 is 0.841 bits per heavy atom. The molecule has 2 atom stereocenters. The summed E-state index contributed by atoms with van der Waals surface area (Å²) in [6, 6.07) is 20.8. The van der Waals surface area contributed by atoms with Crippen LogP contribution in [0.4, 0.5) is 4.79 Å². The van der Waals surface area contributed by atoms with E-state index in [1.54, 1.807) is 11.8 Å². The lowest BCUT2D eigenvalue weighted by molar-refractivity contribution is -0.138. The van der Waals surface area contributed by atoms with Crippen molar-refractivity contribution in [2.45, 2.75) is 72.8 Å². The maximum atomic E-state index is 14.5. The molecule has 2 aliphatic heterocycles. The van der Waals surface area contributed by atoms with Crippen molar-refractivity contribution in [3.05, 3.63) is 111 Å². The van der Waals surface area contributed by atoms with E-state index in [0.29, 0.717) is 42.2 Å². The molecule has 8 heteroatoms. The van der Waals surface area contributed by atoms with Gasteiger partial charge in [-0.1, -0.05) is 42.5 Å². The van der Waals surface area contributed by atoms with Crippen LogP contribution in [0.1, 0.15) is 63.3 Å². The van der Waals surface area contributed by atoms with E-state index in [2.05, 4.69) is 19.1 Å². The highest BCUT2D eigenvalue weighted by Crippen LogP contribution is 2.38. The molecule has 3 aromatic carbocycles. The molecule has 2 aliphatic rings. The van der Waals surface area contributed by atoms with Crippen LogP contribution in [-0.2, 0) is 30.8 Å². The molecule has 0 spiro atoms. The largest absolute Gasteiger partial charge is 0.481 e. The number of hydrogen-bond donors (Lipinski definition) is 1. The second kappa shape index (κ2) is 11.3. The van der Waals surface area contributed by atoms with Crippen LogP contribution in [0.15, 0.2) is 66.7 Å². The fourth-order valence-electron chi connectivity index (χ4n) is 6.65. The summed E-state index contributed by atoms with van der Waals surface area (Å²) >= 11 is 0. The Morgan fingerprint density at radius 3 is 2.16 bits per heavy atom. The Bertz CT molecular complexity index is 1790. The van der Waals surface area contributed by atoms with Crippen LogP contribution in [0.3, 0.4) is 0 Å². The number of aromatic nitrogens is 1. The molecule has 0 aliphatic carbocycles. The van der Waals surface area contributed by atoms with Crippen LogP contribution < -0.4 is 10.5 Å². The number of carbonyl (C=O) groups excluding carboxylic acids is 3. The van der Waals surface area contributed by atoms with Gasteiger partial charge < -0.3 is 20.3 Å². The number of benzene rings is 3. The number of hydrogen-bond acceptors (Lipinski definition) is 4. The molecule has 2 N–H and O–H groups in total. The van der Waals surface area contributed by atoms with Gasteiger partial charge in [-0.05, 0) is 98.7 Å². The molecule has 1 aromatic heterocycles. The molecule has 44 heavy (non-hydrogen) atoms. The number of primary amides is 1. The summed E-state index contributed by atoms with van der Waals surface area (Å²) in [6.07, 6.45) is 0.0831. The normalized spacial score (nSPS) is 16.3. The molecule has 3 heterocycles. The summed E-state index contributed by atoms with van der Waals surface area (Å²) in [4.78, 5) is 44.5. The Labute approximate surface area is 258 Å². The molecule has 1 unspecified atom stereocenters. The van der Waals surface area contributed by atoms with Crippen molar-refractivity contribution in [3.63, 3.8) is 0 Å². The average molecular weight is 591 g/mol. The lowest BCUT2D eigenvalue weighted by Crippen LogP contribution is -2.42. The predicted molar refractivity (Wildman–Crippen MR) is 169 cm³/mol. The second-order valence-corrected chi connectivity index (χ2v) is 12.0. The topological polar surface area (TPSA) is 97.9 Å². The zero-order valence-corrected chi connectivity index (χ0v) is 25.9. The van der Waals surface area contributed by atoms with Crippen LogP contribution >= 0.6 is 0 Å². The highest BCUT2D eigenvalue weighted by molar-refractivity contribution is 6.03. The first kappa shape index (κ1) is 29.2. The standard InChI is InChI=1S/C36H38N4O4/c1-21-15-26-11-9-10-12-27(26)20-39(21)35(42)32-17-29-19-38(34(41)25(5)44-30-13-7-6-8-14-30)18-28(29)16-31(32)33-23(3)22(2)24(4)40(33)36(37)43/h6-14,16-17,21,25H,15,18-20H2,1-5H3,(H2,37,43)/t21-,25?/m1/s1. The molecule has 4 aromatic rings. The Morgan fingerprint density at radius 2 is 1.48 bits per heavy atom. The summed E-state index contributed by atoms with van der Waals surface area (Å²) in [7, 11) is 0. The number of carbonyl (C=O) groups is 3. The number of nitrogens with zero attached hydrogens (tertiary/aromatic N) is 3. The molecule has 0 saturated carbocycles. The summed E-state index contributed by atoms with van der Waals surface area (Å²) in [5, 5.41) is 0. The maximum absolute atomic E-state index is 14.5. The van der Waals surface area contributed by atoms with Crippen LogP contribution in [0.25, 0.3) is 11.3 Å². The number of rotatable bonds is 5. The van der Waals surface area contributed by atoms with E-state index in [-0.39, 0.29) is 17.9 Å². The first-order valence-electron chi connectivity index (χ1n) is 15.1. The van der Waals surface area contributed by atoms with Crippen LogP contribution in [0.2, 0.25) is 0 Å². The van der Waals surface area contributed by atoms with Gasteiger partial charge in [0, 0.05) is 42.5 Å². The van der Waals surface area contributed by atoms with Crippen molar-refractivity contribution in [2.24, 2.45) is 5.73 Å². The van der Waals surface area contributed by atoms with Crippen molar-refractivity contribution >= 4 is 17.8 Å². The van der Waals surface area contributed by atoms with E-state index in [9.17, 15) is 14.4 Å². The SMILES string of the molecule is Cc1c(C)c(-c2cc3c(cc2C(=O)N2Cc4ccccc4C[C@H]2C)CN(C(=O)C(C)Oc2ccccc2)C3)n(C(N)=O)c1C. The summed E-state index contributed by atoms with van der Waals surface area (Å²) in [5.41, 5.74) is 14.5. The zero-order chi connectivity index (χ0) is 31.3. The third-order valence-corrected chi connectivity index (χ3v) is 9.27. The molecule has 0 bridgehead atoms. The highest BCUT2D eigenvalue weighted by Gasteiger charge is 2.34. The van der Waals surface area contributed by atoms with Gasteiger partial charge in [0.25, 0.3) is 11.8 Å². The quantitative estimate of drug-likeness (QED) is 0.313. The van der Waals surface area contributed by atoms with E-state index >= 15 is 0 Å². The molecular weight excluding hydrogens is 552 g/mol. The fraction of sp³-hybridized carbons (Fsp3) is 0.306. The predicted octanol–water partition coefficient (Wildman–Crippen LogP) is 5.90. The van der Waals surface area contributed by atoms with Crippen LogP contribution in [0.5, 0.6) is 5.75 Å². The van der Waals surface area contributed by atoms with E-state index in [4.69, 9.17) is 10.5 Å². The summed E-state index contributed by atoms with van der Waals surface area (Å²) in [5.74, 6) is 0.386. The second-order valence-electron chi connectivity index (χ2n) is 12.0. The van der Waals surface area contributed by atoms with Gasteiger partial charge in [0.05, 0.1) is 5.69 Å². The van der Waals surface area contributed by atoms with E-state index in [1.165, 1.54) is 10.1 Å². The number of para-hydroxylation sites is 1. The number of fused-ring (bicyclic) bond motifs is 2. The molecule has 0 radical (unpaired) electrons. The lowest BCUT2D eigenvalue weighted by Gasteiger charge is -2.35. The van der Waals surface area contributed by atoms with Gasteiger partial charge >= 0.3 is 6.03 Å². The van der Waals surface area contributed by atoms with Crippen molar-refractivity contribution in [3.8, 4) is 17.0 Å². The average Bonchev–Trinajstić information content (AvgIpc) is 3.53. The number of ether oxygens (including phenoxy) is 1. The monoisotopic (exact) mass is 590 g/mol. The molecule has 8 nitrogen and oxygen atoms in total. The van der Waals surface area contributed by atoms with Gasteiger partial charge in [0.1, 0.15) is 5.75 Å². The van der Waals surface area contributed by atoms with Crippen molar-refractivity contribution in [1.29, 1.82) is 0 Å². The van der Waals surface area contributed by atoms with Gasteiger partial charge in [-0.2, -0.15) is 0 Å². The van der Waals surface area contributed by atoms with Gasteiger partial charge in [-0.15, -0.1) is 0 Å². The van der Waals surface area contributed by atoms with Gasteiger partial charge in [-0.3, -0.25) is 14.2 Å². The molecule has 3 amide bonds. The third-order valence-electron chi connectivity index (χ3n) is 9.27. The first-order valence-corrected chi connectivity index (χ1v) is 15.1. The molecule has 0 saturated heterocycles. The van der Waals surface area contributed by atoms with Crippen molar-refractivity contribution in [1.82, 2.24) is 14.4 Å². The minimum Gasteiger partial charge on any atom is -0.481 e. The van der Waals surface area contributed by atoms with Crippen molar-refractivity contribution < 1.29 is 19.1 Å². The summed E-state index contributed by atoms with van der Waals surface area (Å²) in [6.45, 7) is 10.8. The molecule has 6 rings (SSSR count). The Kier molecular flexibility index (Phi) is 7.53. The zero-order valence-electron chi connectivity index (χ0n) is 25.9.